The van der Waals surface area contributed by atoms with Gasteiger partial charge < -0.3 is 10.6 Å². The van der Waals surface area contributed by atoms with Crippen molar-refractivity contribution >= 4 is 29.9 Å². The highest BCUT2D eigenvalue weighted by Crippen LogP contribution is 2.13. The van der Waals surface area contributed by atoms with E-state index in [9.17, 15) is 0 Å². The number of piperidine rings is 1. The van der Waals surface area contributed by atoms with E-state index < -0.39 is 0 Å². The van der Waals surface area contributed by atoms with Gasteiger partial charge in [-0.2, -0.15) is 5.10 Å². The molecular formula is C22H35IN6. The molecule has 2 heterocycles. The summed E-state index contributed by atoms with van der Waals surface area (Å²) in [6, 6.07) is 10.9. The minimum Gasteiger partial charge on any atom is -0.356 e. The summed E-state index contributed by atoms with van der Waals surface area (Å²) in [7, 11) is 1.81. The van der Waals surface area contributed by atoms with Crippen molar-refractivity contribution in [1.82, 2.24) is 25.3 Å². The predicted octanol–water partition coefficient (Wildman–Crippen LogP) is 3.49. The van der Waals surface area contributed by atoms with Crippen LogP contribution in [0.4, 0.5) is 0 Å². The van der Waals surface area contributed by atoms with Crippen molar-refractivity contribution in [3.8, 4) is 0 Å². The van der Waals surface area contributed by atoms with E-state index >= 15 is 0 Å². The van der Waals surface area contributed by atoms with E-state index in [2.05, 4.69) is 56.8 Å². The van der Waals surface area contributed by atoms with Gasteiger partial charge in [0.25, 0.3) is 0 Å². The molecule has 3 rings (SSSR count). The highest BCUT2D eigenvalue weighted by Gasteiger charge is 2.10. The summed E-state index contributed by atoms with van der Waals surface area (Å²) in [6.45, 7) is 8.29. The van der Waals surface area contributed by atoms with Gasteiger partial charge in [0, 0.05) is 45.6 Å². The Morgan fingerprint density at radius 2 is 1.83 bits per heavy atom. The highest BCUT2D eigenvalue weighted by atomic mass is 127. The normalized spacial score (nSPS) is 16.1. The maximum Gasteiger partial charge on any atom is 0.191 e. The van der Waals surface area contributed by atoms with Gasteiger partial charge >= 0.3 is 0 Å². The third-order valence-corrected chi connectivity index (χ3v) is 5.24. The molecule has 29 heavy (non-hydrogen) atoms. The van der Waals surface area contributed by atoms with Gasteiger partial charge in [-0.15, -0.1) is 24.0 Å². The SMILES string of the molecule is CN=C(NCc1ccc(CN2CCCCC2)cc1)NCC(C)Cn1cccn1.I. The number of nitrogens with one attached hydrogen (secondary N) is 2. The summed E-state index contributed by atoms with van der Waals surface area (Å²) >= 11 is 0. The van der Waals surface area contributed by atoms with Crippen LogP contribution in [0.15, 0.2) is 47.7 Å². The molecule has 1 aliphatic rings. The molecule has 0 spiro atoms. The second kappa shape index (κ2) is 12.8. The summed E-state index contributed by atoms with van der Waals surface area (Å²) in [5.41, 5.74) is 2.68. The van der Waals surface area contributed by atoms with Crippen LogP contribution >= 0.6 is 24.0 Å². The van der Waals surface area contributed by atoms with E-state index in [1.807, 2.05) is 30.2 Å². The van der Waals surface area contributed by atoms with E-state index in [1.165, 1.54) is 43.5 Å². The summed E-state index contributed by atoms with van der Waals surface area (Å²) in [6.07, 6.45) is 7.89. The van der Waals surface area contributed by atoms with E-state index in [1.54, 1.807) is 0 Å². The Labute approximate surface area is 192 Å². The van der Waals surface area contributed by atoms with Crippen LogP contribution in [0.25, 0.3) is 0 Å². The smallest absolute Gasteiger partial charge is 0.191 e. The number of aromatic nitrogens is 2. The van der Waals surface area contributed by atoms with Gasteiger partial charge in [0.05, 0.1) is 0 Å². The zero-order valence-electron chi connectivity index (χ0n) is 17.7. The van der Waals surface area contributed by atoms with Gasteiger partial charge in [-0.3, -0.25) is 14.6 Å². The molecule has 1 atom stereocenters. The molecule has 1 unspecified atom stereocenters. The number of hydrogen-bond donors (Lipinski definition) is 2. The van der Waals surface area contributed by atoms with Crippen LogP contribution in [0.2, 0.25) is 0 Å². The Morgan fingerprint density at radius 1 is 1.10 bits per heavy atom. The first kappa shape index (κ1) is 23.7. The molecule has 1 saturated heterocycles. The van der Waals surface area contributed by atoms with Crippen LogP contribution < -0.4 is 10.6 Å². The lowest BCUT2D eigenvalue weighted by atomic mass is 10.1. The number of rotatable bonds is 8. The lowest BCUT2D eigenvalue weighted by Gasteiger charge is -2.26. The van der Waals surface area contributed by atoms with Crippen LogP contribution in [0, 0.1) is 5.92 Å². The minimum absolute atomic E-state index is 0. The number of benzene rings is 1. The van der Waals surface area contributed by atoms with Gasteiger partial charge in [0.2, 0.25) is 0 Å². The van der Waals surface area contributed by atoms with E-state index in [0.29, 0.717) is 5.92 Å². The molecule has 0 aliphatic carbocycles. The molecule has 0 radical (unpaired) electrons. The van der Waals surface area contributed by atoms with Crippen LogP contribution in [-0.2, 0) is 19.6 Å². The topological polar surface area (TPSA) is 57.5 Å². The first-order valence-electron chi connectivity index (χ1n) is 10.4. The quantitative estimate of drug-likeness (QED) is 0.325. The van der Waals surface area contributed by atoms with E-state index in [0.717, 1.165) is 32.1 Å². The Morgan fingerprint density at radius 3 is 2.48 bits per heavy atom. The summed E-state index contributed by atoms with van der Waals surface area (Å²) in [5.74, 6) is 1.30. The Balaban J connectivity index is 0.00000300. The fraction of sp³-hybridized carbons (Fsp3) is 0.545. The second-order valence-corrected chi connectivity index (χ2v) is 7.79. The van der Waals surface area contributed by atoms with Crippen LogP contribution in [-0.4, -0.2) is 47.3 Å². The zero-order valence-corrected chi connectivity index (χ0v) is 20.0. The van der Waals surface area contributed by atoms with E-state index in [4.69, 9.17) is 0 Å². The standard InChI is InChI=1S/C22H34N6.HI/c1-19(17-28-14-6-11-26-28)15-24-22(23-2)25-16-20-7-9-21(10-8-20)18-27-12-4-3-5-13-27;/h6-11,14,19H,3-5,12-13,15-18H2,1-2H3,(H2,23,24,25);1H. The van der Waals surface area contributed by atoms with Crippen LogP contribution in [0.1, 0.15) is 37.3 Å². The molecule has 2 N–H and O–H groups in total. The maximum absolute atomic E-state index is 4.33. The number of aliphatic imine (C=N–C) groups is 1. The number of halogens is 1. The number of guanidine groups is 1. The fourth-order valence-corrected chi connectivity index (χ4v) is 3.61. The minimum atomic E-state index is 0. The average molecular weight is 510 g/mol. The van der Waals surface area contributed by atoms with Crippen molar-refractivity contribution in [2.45, 2.75) is 45.8 Å². The first-order chi connectivity index (χ1) is 13.7. The highest BCUT2D eigenvalue weighted by molar-refractivity contribution is 14.0. The van der Waals surface area contributed by atoms with Crippen molar-refractivity contribution < 1.29 is 0 Å². The molecule has 0 bridgehead atoms. The molecule has 2 aromatic rings. The molecule has 0 amide bonds. The van der Waals surface area contributed by atoms with Gasteiger partial charge in [-0.1, -0.05) is 37.6 Å². The third kappa shape index (κ3) is 8.34. The van der Waals surface area contributed by atoms with Gasteiger partial charge in [-0.25, -0.2) is 0 Å². The van der Waals surface area contributed by atoms with Gasteiger partial charge in [0.1, 0.15) is 0 Å². The number of hydrogen-bond acceptors (Lipinski definition) is 3. The zero-order chi connectivity index (χ0) is 19.6. The van der Waals surface area contributed by atoms with Gasteiger partial charge in [0.15, 0.2) is 5.96 Å². The van der Waals surface area contributed by atoms with Gasteiger partial charge in [-0.05, 0) is 49.0 Å². The first-order valence-corrected chi connectivity index (χ1v) is 10.4. The molecule has 1 aliphatic heterocycles. The largest absolute Gasteiger partial charge is 0.356 e. The summed E-state index contributed by atoms with van der Waals surface area (Å²) in [5, 5.41) is 11.1. The molecule has 7 heteroatoms. The second-order valence-electron chi connectivity index (χ2n) is 7.79. The lowest BCUT2D eigenvalue weighted by molar-refractivity contribution is 0.221. The summed E-state index contributed by atoms with van der Waals surface area (Å²) in [4.78, 5) is 6.89. The molecule has 1 aromatic carbocycles. The number of nitrogens with zero attached hydrogens (tertiary/aromatic N) is 4. The molecular weight excluding hydrogens is 475 g/mol. The molecule has 1 fully saturated rings. The van der Waals surface area contributed by atoms with Crippen molar-refractivity contribution in [2.24, 2.45) is 10.9 Å². The Bertz CT molecular complexity index is 707. The lowest BCUT2D eigenvalue weighted by Crippen LogP contribution is -2.39. The molecule has 1 aromatic heterocycles. The Hall–Kier alpha value is -1.61. The van der Waals surface area contributed by atoms with Crippen molar-refractivity contribution in [2.75, 3.05) is 26.7 Å². The fourth-order valence-electron chi connectivity index (χ4n) is 3.61. The molecule has 6 nitrogen and oxygen atoms in total. The maximum atomic E-state index is 4.33. The monoisotopic (exact) mass is 510 g/mol. The van der Waals surface area contributed by atoms with Crippen LogP contribution in [0.5, 0.6) is 0 Å². The molecule has 0 saturated carbocycles. The van der Waals surface area contributed by atoms with Crippen molar-refractivity contribution in [3.05, 3.63) is 53.9 Å². The van der Waals surface area contributed by atoms with E-state index in [-0.39, 0.29) is 24.0 Å². The predicted molar refractivity (Wildman–Crippen MR) is 131 cm³/mol. The number of likely N-dealkylation sites (tertiary alicyclic amines) is 1. The van der Waals surface area contributed by atoms with Crippen LogP contribution in [0.3, 0.4) is 0 Å². The van der Waals surface area contributed by atoms with Crippen molar-refractivity contribution in [1.29, 1.82) is 0 Å². The Kier molecular flexibility index (Phi) is 10.5. The third-order valence-electron chi connectivity index (χ3n) is 5.24. The van der Waals surface area contributed by atoms with Crippen molar-refractivity contribution in [3.63, 3.8) is 0 Å². The average Bonchev–Trinajstić information content (AvgIpc) is 3.23. The summed E-state index contributed by atoms with van der Waals surface area (Å²) < 4.78 is 1.97. The molecule has 160 valence electrons.